The summed E-state index contributed by atoms with van der Waals surface area (Å²) >= 11 is 0. The summed E-state index contributed by atoms with van der Waals surface area (Å²) in [5.41, 5.74) is 9.94. The van der Waals surface area contributed by atoms with Crippen LogP contribution in [0, 0.1) is 11.8 Å². The van der Waals surface area contributed by atoms with E-state index in [9.17, 15) is 4.79 Å². The summed E-state index contributed by atoms with van der Waals surface area (Å²) in [5.74, 6) is 1.30. The first kappa shape index (κ1) is 16.9. The molecule has 1 amide bonds. The Morgan fingerprint density at radius 1 is 1.12 bits per heavy atom. The minimum atomic E-state index is -0.241. The Morgan fingerprint density at radius 2 is 1.85 bits per heavy atom. The molecule has 26 heavy (non-hydrogen) atoms. The van der Waals surface area contributed by atoms with Gasteiger partial charge in [0.1, 0.15) is 6.04 Å². The van der Waals surface area contributed by atoms with Crippen molar-refractivity contribution in [2.45, 2.75) is 32.7 Å². The number of carbonyl (C=O) groups excluding carboxylic acids is 1. The van der Waals surface area contributed by atoms with E-state index >= 15 is 0 Å². The highest BCUT2D eigenvalue weighted by atomic mass is 16.2. The molecule has 2 aliphatic heterocycles. The van der Waals surface area contributed by atoms with Gasteiger partial charge in [0.05, 0.1) is 17.6 Å². The first-order valence-electron chi connectivity index (χ1n) is 9.40. The summed E-state index contributed by atoms with van der Waals surface area (Å²) in [6.45, 7) is 6.15. The second kappa shape index (κ2) is 6.63. The van der Waals surface area contributed by atoms with Gasteiger partial charge in [-0.25, -0.2) is 0 Å². The lowest BCUT2D eigenvalue weighted by Gasteiger charge is -2.38. The molecular formula is C21H26N4O. The number of benzene rings is 1. The fraction of sp³-hybridized carbons (Fsp3) is 0.429. The summed E-state index contributed by atoms with van der Waals surface area (Å²) in [4.78, 5) is 21.8. The topological polar surface area (TPSA) is 62.5 Å². The maximum atomic E-state index is 13.5. The molecule has 0 aliphatic carbocycles. The van der Waals surface area contributed by atoms with Crippen molar-refractivity contribution >= 4 is 23.0 Å². The highest BCUT2D eigenvalue weighted by molar-refractivity contribution is 5.93. The van der Waals surface area contributed by atoms with Crippen LogP contribution in [0.2, 0.25) is 0 Å². The monoisotopic (exact) mass is 350 g/mol. The highest BCUT2D eigenvalue weighted by Crippen LogP contribution is 2.41. The van der Waals surface area contributed by atoms with Gasteiger partial charge >= 0.3 is 0 Å². The summed E-state index contributed by atoms with van der Waals surface area (Å²) in [6.07, 6.45) is 5.30. The number of para-hydroxylation sites is 1. The minimum absolute atomic E-state index is 0.204. The van der Waals surface area contributed by atoms with E-state index in [4.69, 9.17) is 5.73 Å². The highest BCUT2D eigenvalue weighted by Gasteiger charge is 2.39. The van der Waals surface area contributed by atoms with Gasteiger partial charge in [0.15, 0.2) is 0 Å². The number of hydrogen-bond donors (Lipinski definition) is 1. The Balaban J connectivity index is 1.71. The Labute approximate surface area is 154 Å². The summed E-state index contributed by atoms with van der Waals surface area (Å²) < 4.78 is 0. The van der Waals surface area contributed by atoms with Gasteiger partial charge in [0, 0.05) is 31.4 Å². The van der Waals surface area contributed by atoms with Crippen molar-refractivity contribution < 1.29 is 4.79 Å². The van der Waals surface area contributed by atoms with E-state index in [2.05, 4.69) is 40.8 Å². The van der Waals surface area contributed by atoms with E-state index in [1.165, 1.54) is 12.0 Å². The standard InChI is InChI=1S/C21H26N4O/c1-14-9-15(2)13-24(12-14)21(26)20-10-16-5-3-4-6-18(16)25(20)19-7-8-23-11-17(19)22/h3-8,11,14-15,20H,9-10,12-13,22H2,1-2H3/t14?,15?,20-/m0/s1. The van der Waals surface area contributed by atoms with E-state index in [0.717, 1.165) is 30.9 Å². The van der Waals surface area contributed by atoms with E-state index in [0.29, 0.717) is 17.5 Å². The molecule has 0 saturated carbocycles. The number of nitrogens with two attached hydrogens (primary N) is 1. The SMILES string of the molecule is CC1CC(C)CN(C(=O)[C@@H]2Cc3ccccc3N2c2ccncc2N)C1. The largest absolute Gasteiger partial charge is 0.396 e. The molecule has 4 rings (SSSR count). The Morgan fingerprint density at radius 3 is 2.58 bits per heavy atom. The van der Waals surface area contributed by atoms with Gasteiger partial charge < -0.3 is 15.5 Å². The number of hydrogen-bond acceptors (Lipinski definition) is 4. The van der Waals surface area contributed by atoms with Crippen molar-refractivity contribution in [1.82, 2.24) is 9.88 Å². The lowest BCUT2D eigenvalue weighted by Crippen LogP contribution is -2.50. The number of nitrogens with zero attached hydrogens (tertiary/aromatic N) is 3. The number of fused-ring (bicyclic) bond motifs is 1. The number of carbonyl (C=O) groups is 1. The van der Waals surface area contributed by atoms with E-state index < -0.39 is 0 Å². The predicted octanol–water partition coefficient (Wildman–Crippen LogP) is 3.23. The Hall–Kier alpha value is -2.56. The molecule has 0 bridgehead atoms. The van der Waals surface area contributed by atoms with Crippen LogP contribution in [-0.4, -0.2) is 34.9 Å². The van der Waals surface area contributed by atoms with Gasteiger partial charge in [-0.3, -0.25) is 9.78 Å². The molecule has 3 atom stereocenters. The molecule has 2 unspecified atom stereocenters. The van der Waals surface area contributed by atoms with Gasteiger partial charge in [-0.2, -0.15) is 0 Å². The average Bonchev–Trinajstić information content (AvgIpc) is 3.00. The maximum absolute atomic E-state index is 13.5. The lowest BCUT2D eigenvalue weighted by molar-refractivity contribution is -0.135. The van der Waals surface area contributed by atoms with Crippen LogP contribution in [0.15, 0.2) is 42.7 Å². The van der Waals surface area contributed by atoms with Crippen molar-refractivity contribution in [3.63, 3.8) is 0 Å². The molecule has 136 valence electrons. The zero-order chi connectivity index (χ0) is 18.3. The number of nitrogen functional groups attached to an aromatic ring is 1. The van der Waals surface area contributed by atoms with Crippen LogP contribution < -0.4 is 10.6 Å². The van der Waals surface area contributed by atoms with Crippen molar-refractivity contribution in [1.29, 1.82) is 0 Å². The molecule has 2 N–H and O–H groups in total. The second-order valence-corrected chi connectivity index (χ2v) is 7.84. The second-order valence-electron chi connectivity index (χ2n) is 7.84. The molecule has 5 heteroatoms. The van der Waals surface area contributed by atoms with Crippen LogP contribution >= 0.6 is 0 Å². The Kier molecular flexibility index (Phi) is 4.31. The van der Waals surface area contributed by atoms with E-state index in [-0.39, 0.29) is 11.9 Å². The third-order valence-electron chi connectivity index (χ3n) is 5.53. The third kappa shape index (κ3) is 2.91. The molecule has 1 aromatic carbocycles. The minimum Gasteiger partial charge on any atom is -0.396 e. The summed E-state index contributed by atoms with van der Waals surface area (Å²) in [5, 5.41) is 0. The smallest absolute Gasteiger partial charge is 0.246 e. The molecule has 1 fully saturated rings. The zero-order valence-corrected chi connectivity index (χ0v) is 15.4. The molecule has 2 aliphatic rings. The van der Waals surface area contributed by atoms with Crippen LogP contribution in [0.25, 0.3) is 0 Å². The maximum Gasteiger partial charge on any atom is 0.246 e. The lowest BCUT2D eigenvalue weighted by atomic mass is 9.91. The van der Waals surface area contributed by atoms with E-state index in [1.54, 1.807) is 12.4 Å². The van der Waals surface area contributed by atoms with Crippen molar-refractivity contribution in [3.05, 3.63) is 48.3 Å². The van der Waals surface area contributed by atoms with Crippen LogP contribution in [0.4, 0.5) is 17.1 Å². The fourth-order valence-corrected chi connectivity index (χ4v) is 4.55. The molecule has 3 heterocycles. The van der Waals surface area contributed by atoms with Crippen LogP contribution in [0.3, 0.4) is 0 Å². The van der Waals surface area contributed by atoms with Gasteiger partial charge in [-0.05, 0) is 36.0 Å². The van der Waals surface area contributed by atoms with Gasteiger partial charge in [-0.15, -0.1) is 0 Å². The van der Waals surface area contributed by atoms with Crippen molar-refractivity contribution in [2.24, 2.45) is 11.8 Å². The van der Waals surface area contributed by atoms with Gasteiger partial charge in [-0.1, -0.05) is 32.0 Å². The molecule has 1 aromatic heterocycles. The third-order valence-corrected chi connectivity index (χ3v) is 5.53. The molecule has 1 saturated heterocycles. The first-order valence-corrected chi connectivity index (χ1v) is 9.40. The number of piperidine rings is 1. The first-order chi connectivity index (χ1) is 12.5. The number of rotatable bonds is 2. The number of amides is 1. The van der Waals surface area contributed by atoms with Crippen LogP contribution in [-0.2, 0) is 11.2 Å². The van der Waals surface area contributed by atoms with Crippen LogP contribution in [0.1, 0.15) is 25.8 Å². The van der Waals surface area contributed by atoms with Crippen molar-refractivity contribution in [2.75, 3.05) is 23.7 Å². The normalized spacial score (nSPS) is 25.2. The van der Waals surface area contributed by atoms with Gasteiger partial charge in [0.25, 0.3) is 0 Å². The molecule has 0 radical (unpaired) electrons. The number of anilines is 3. The molecule has 0 spiro atoms. The van der Waals surface area contributed by atoms with E-state index in [1.807, 2.05) is 18.2 Å². The molecule has 2 aromatic rings. The number of likely N-dealkylation sites (tertiary alicyclic amines) is 1. The molecule has 5 nitrogen and oxygen atoms in total. The number of aromatic nitrogens is 1. The molecular weight excluding hydrogens is 324 g/mol. The van der Waals surface area contributed by atoms with Gasteiger partial charge in [0.2, 0.25) is 5.91 Å². The van der Waals surface area contributed by atoms with Crippen LogP contribution in [0.5, 0.6) is 0 Å². The quantitative estimate of drug-likeness (QED) is 0.903. The Bertz CT molecular complexity index is 811. The summed E-state index contributed by atoms with van der Waals surface area (Å²) in [7, 11) is 0. The predicted molar refractivity (Wildman–Crippen MR) is 104 cm³/mol. The fourth-order valence-electron chi connectivity index (χ4n) is 4.55. The zero-order valence-electron chi connectivity index (χ0n) is 15.4. The number of pyridine rings is 1. The van der Waals surface area contributed by atoms with Crippen molar-refractivity contribution in [3.8, 4) is 0 Å². The average molecular weight is 350 g/mol. The summed E-state index contributed by atoms with van der Waals surface area (Å²) in [6, 6.07) is 9.89.